The molecule has 1 aliphatic heterocycles. The lowest BCUT2D eigenvalue weighted by atomic mass is 10.1. The molecule has 0 atom stereocenters. The van der Waals surface area contributed by atoms with Crippen LogP contribution < -0.4 is 5.32 Å². The number of esters is 1. The number of hydrogen-bond acceptors (Lipinski definition) is 6. The minimum Gasteiger partial charge on any atom is -0.462 e. The summed E-state index contributed by atoms with van der Waals surface area (Å²) in [6.45, 7) is 1.76. The first-order chi connectivity index (χ1) is 12.7. The summed E-state index contributed by atoms with van der Waals surface area (Å²) in [5.74, 6) is -2.50. The van der Waals surface area contributed by atoms with Crippen LogP contribution in [0.1, 0.15) is 38.1 Å². The first kappa shape index (κ1) is 19.8. The number of benzene rings is 1. The molecule has 6 nitrogen and oxygen atoms in total. The van der Waals surface area contributed by atoms with Gasteiger partial charge in [-0.1, -0.05) is 11.6 Å². The Morgan fingerprint density at radius 2 is 2.11 bits per heavy atom. The highest BCUT2D eigenvalue weighted by molar-refractivity contribution is 7.90. The predicted octanol–water partition coefficient (Wildman–Crippen LogP) is 3.44. The molecule has 0 aliphatic carbocycles. The van der Waals surface area contributed by atoms with E-state index in [4.69, 9.17) is 16.3 Å². The largest absolute Gasteiger partial charge is 0.462 e. The van der Waals surface area contributed by atoms with Crippen molar-refractivity contribution in [2.75, 3.05) is 17.7 Å². The van der Waals surface area contributed by atoms with E-state index in [0.29, 0.717) is 10.4 Å². The Morgan fingerprint density at radius 1 is 1.37 bits per heavy atom. The van der Waals surface area contributed by atoms with Gasteiger partial charge in [-0.3, -0.25) is 4.79 Å². The fourth-order valence-electron chi connectivity index (χ4n) is 2.77. The molecular weight excluding hydrogens is 417 g/mol. The molecule has 0 fully saturated rings. The monoisotopic (exact) mass is 431 g/mol. The zero-order valence-corrected chi connectivity index (χ0v) is 16.6. The van der Waals surface area contributed by atoms with Gasteiger partial charge in [0.1, 0.15) is 10.8 Å². The number of rotatable bonds is 4. The van der Waals surface area contributed by atoms with Gasteiger partial charge in [-0.2, -0.15) is 0 Å². The molecule has 144 valence electrons. The Kier molecular flexibility index (Phi) is 5.55. The molecule has 2 heterocycles. The van der Waals surface area contributed by atoms with E-state index < -0.39 is 27.5 Å². The van der Waals surface area contributed by atoms with E-state index in [2.05, 4.69) is 5.32 Å². The van der Waals surface area contributed by atoms with Gasteiger partial charge in [-0.05, 0) is 37.1 Å². The van der Waals surface area contributed by atoms with Crippen LogP contribution in [0.5, 0.6) is 0 Å². The molecule has 0 saturated carbocycles. The number of carbonyl (C=O) groups excluding carboxylic acids is 2. The zero-order valence-electron chi connectivity index (χ0n) is 14.2. The van der Waals surface area contributed by atoms with Crippen LogP contribution in [-0.2, 0) is 26.7 Å². The molecule has 0 spiro atoms. The van der Waals surface area contributed by atoms with Gasteiger partial charge in [0.25, 0.3) is 5.91 Å². The summed E-state index contributed by atoms with van der Waals surface area (Å²) < 4.78 is 42.8. The number of hydrogen-bond donors (Lipinski definition) is 1. The third-order valence-electron chi connectivity index (χ3n) is 3.98. The fourth-order valence-corrected chi connectivity index (χ4v) is 5.98. The first-order valence-electron chi connectivity index (χ1n) is 8.00. The van der Waals surface area contributed by atoms with Crippen molar-refractivity contribution in [3.05, 3.63) is 50.6 Å². The number of ether oxygens (including phenoxy) is 1. The number of anilines is 1. The standard InChI is InChI=1S/C17H15ClFNO5S2/c1-2-25-17(22)14-10-5-6-27(23,24)8-13(10)26-16(14)20-15(21)11-7-9(18)3-4-12(11)19/h3-4,7H,2,5-6,8H2,1H3,(H,20,21). The van der Waals surface area contributed by atoms with Crippen LogP contribution >= 0.6 is 22.9 Å². The van der Waals surface area contributed by atoms with Crippen LogP contribution in [0.2, 0.25) is 5.02 Å². The highest BCUT2D eigenvalue weighted by Crippen LogP contribution is 2.38. The van der Waals surface area contributed by atoms with Crippen molar-refractivity contribution in [1.29, 1.82) is 0 Å². The van der Waals surface area contributed by atoms with Crippen LogP contribution in [0.15, 0.2) is 18.2 Å². The van der Waals surface area contributed by atoms with E-state index in [1.165, 1.54) is 12.1 Å². The molecule has 0 bridgehead atoms. The third kappa shape index (κ3) is 4.15. The molecule has 3 rings (SSSR count). The maximum atomic E-state index is 13.9. The lowest BCUT2D eigenvalue weighted by molar-refractivity contribution is 0.0527. The molecule has 0 saturated heterocycles. The summed E-state index contributed by atoms with van der Waals surface area (Å²) >= 11 is 6.80. The number of sulfone groups is 1. The Morgan fingerprint density at radius 3 is 2.81 bits per heavy atom. The van der Waals surface area contributed by atoms with Crippen molar-refractivity contribution < 1.29 is 27.1 Å². The van der Waals surface area contributed by atoms with Crippen LogP contribution in [0.25, 0.3) is 0 Å². The number of thiophene rings is 1. The highest BCUT2D eigenvalue weighted by atomic mass is 35.5. The van der Waals surface area contributed by atoms with Crippen molar-refractivity contribution in [1.82, 2.24) is 0 Å². The normalized spacial score (nSPS) is 15.1. The van der Waals surface area contributed by atoms with Crippen LogP contribution in [0, 0.1) is 5.82 Å². The Bertz CT molecular complexity index is 1030. The first-order valence-corrected chi connectivity index (χ1v) is 11.0. The maximum absolute atomic E-state index is 13.9. The molecule has 0 unspecified atom stereocenters. The second kappa shape index (κ2) is 7.57. The Balaban J connectivity index is 2.01. The van der Waals surface area contributed by atoms with E-state index in [1.807, 2.05) is 0 Å². The molecule has 0 radical (unpaired) electrons. The molecule has 1 aromatic heterocycles. The predicted molar refractivity (Wildman–Crippen MR) is 101 cm³/mol. The summed E-state index contributed by atoms with van der Waals surface area (Å²) in [7, 11) is -3.26. The van der Waals surface area contributed by atoms with Gasteiger partial charge in [0.05, 0.1) is 29.2 Å². The van der Waals surface area contributed by atoms with Gasteiger partial charge >= 0.3 is 5.97 Å². The molecule has 27 heavy (non-hydrogen) atoms. The molecule has 2 aromatic rings. The third-order valence-corrected chi connectivity index (χ3v) is 7.10. The van der Waals surface area contributed by atoms with Gasteiger partial charge in [0.2, 0.25) is 0 Å². The quantitative estimate of drug-likeness (QED) is 0.749. The van der Waals surface area contributed by atoms with Crippen molar-refractivity contribution in [2.24, 2.45) is 0 Å². The van der Waals surface area contributed by atoms with E-state index >= 15 is 0 Å². The highest BCUT2D eigenvalue weighted by Gasteiger charge is 2.32. The number of carbonyl (C=O) groups is 2. The number of halogens is 2. The SMILES string of the molecule is CCOC(=O)c1c(NC(=O)c2cc(Cl)ccc2F)sc2c1CCS(=O)(=O)C2. The summed E-state index contributed by atoms with van der Waals surface area (Å²) in [4.78, 5) is 25.4. The average Bonchev–Trinajstić information content (AvgIpc) is 2.92. The van der Waals surface area contributed by atoms with Crippen LogP contribution in [-0.4, -0.2) is 32.7 Å². The van der Waals surface area contributed by atoms with Gasteiger partial charge in [-0.25, -0.2) is 17.6 Å². The Labute approximate surface area is 164 Å². The van der Waals surface area contributed by atoms with Crippen molar-refractivity contribution in [3.63, 3.8) is 0 Å². The summed E-state index contributed by atoms with van der Waals surface area (Å²) in [5.41, 5.74) is 0.397. The molecule has 1 aliphatic rings. The smallest absolute Gasteiger partial charge is 0.341 e. The lowest BCUT2D eigenvalue weighted by Crippen LogP contribution is -2.20. The van der Waals surface area contributed by atoms with Gasteiger partial charge in [0, 0.05) is 9.90 Å². The fraction of sp³-hybridized carbons (Fsp3) is 0.294. The van der Waals surface area contributed by atoms with E-state index in [0.717, 1.165) is 17.4 Å². The molecule has 1 aromatic carbocycles. The number of nitrogens with one attached hydrogen (secondary N) is 1. The van der Waals surface area contributed by atoms with E-state index in [1.54, 1.807) is 6.92 Å². The topological polar surface area (TPSA) is 89.5 Å². The average molecular weight is 432 g/mol. The second-order valence-electron chi connectivity index (χ2n) is 5.85. The summed E-state index contributed by atoms with van der Waals surface area (Å²) in [6.07, 6.45) is 0.156. The van der Waals surface area contributed by atoms with Crippen LogP contribution in [0.3, 0.4) is 0 Å². The Hall–Kier alpha value is -1.97. The summed E-state index contributed by atoms with van der Waals surface area (Å²) in [5, 5.41) is 2.83. The number of fused-ring (bicyclic) bond motifs is 1. The minimum absolute atomic E-state index is 0.0839. The molecule has 10 heteroatoms. The van der Waals surface area contributed by atoms with Gasteiger partial charge in [0.15, 0.2) is 9.84 Å². The van der Waals surface area contributed by atoms with Gasteiger partial charge in [-0.15, -0.1) is 11.3 Å². The van der Waals surface area contributed by atoms with Crippen molar-refractivity contribution in [3.8, 4) is 0 Å². The molecular formula is C17H15ClFNO5S2. The van der Waals surface area contributed by atoms with Gasteiger partial charge < -0.3 is 10.1 Å². The number of amides is 1. The second-order valence-corrected chi connectivity index (χ2v) is 9.57. The zero-order chi connectivity index (χ0) is 19.8. The lowest BCUT2D eigenvalue weighted by Gasteiger charge is -2.13. The van der Waals surface area contributed by atoms with Crippen molar-refractivity contribution >= 4 is 49.7 Å². The van der Waals surface area contributed by atoms with E-state index in [-0.39, 0.29) is 45.7 Å². The van der Waals surface area contributed by atoms with Crippen LogP contribution in [0.4, 0.5) is 9.39 Å². The minimum atomic E-state index is -3.26. The van der Waals surface area contributed by atoms with Crippen molar-refractivity contribution in [2.45, 2.75) is 19.1 Å². The summed E-state index contributed by atoms with van der Waals surface area (Å²) in [6, 6.07) is 3.55. The van der Waals surface area contributed by atoms with E-state index in [9.17, 15) is 22.4 Å². The maximum Gasteiger partial charge on any atom is 0.341 e. The molecule has 1 amide bonds. The molecule has 1 N–H and O–H groups in total.